The lowest BCUT2D eigenvalue weighted by molar-refractivity contribution is 0.0943. The van der Waals surface area contributed by atoms with Crippen LogP contribution in [0, 0.1) is 0 Å². The average molecular weight is 337 g/mol. The van der Waals surface area contributed by atoms with Crippen LogP contribution in [0.4, 0.5) is 0 Å². The van der Waals surface area contributed by atoms with E-state index in [1.165, 1.54) is 7.05 Å². The third kappa shape index (κ3) is 3.68. The van der Waals surface area contributed by atoms with Crippen molar-refractivity contribution in [2.24, 2.45) is 7.05 Å². The SMILES string of the molecule is CCCCNC(=O)c1nn(-c2ccc(Cl)cc2)c(=O)n(C)c1=O. The van der Waals surface area contributed by atoms with E-state index in [0.717, 1.165) is 22.1 Å². The van der Waals surface area contributed by atoms with Crippen molar-refractivity contribution in [1.29, 1.82) is 0 Å². The summed E-state index contributed by atoms with van der Waals surface area (Å²) in [5, 5.41) is 7.05. The van der Waals surface area contributed by atoms with Gasteiger partial charge in [0.2, 0.25) is 5.69 Å². The Kier molecular flexibility index (Phi) is 5.33. The van der Waals surface area contributed by atoms with Gasteiger partial charge in [-0.05, 0) is 30.7 Å². The quantitative estimate of drug-likeness (QED) is 0.829. The number of hydrogen-bond acceptors (Lipinski definition) is 4. The van der Waals surface area contributed by atoms with E-state index in [2.05, 4.69) is 10.4 Å². The van der Waals surface area contributed by atoms with Gasteiger partial charge in [0.05, 0.1) is 5.69 Å². The predicted octanol–water partition coefficient (Wildman–Crippen LogP) is 1.11. The first-order valence-electron chi connectivity index (χ1n) is 7.20. The number of benzene rings is 1. The van der Waals surface area contributed by atoms with Gasteiger partial charge in [-0.2, -0.15) is 9.78 Å². The fourth-order valence-electron chi connectivity index (χ4n) is 1.93. The third-order valence-corrected chi connectivity index (χ3v) is 3.53. The summed E-state index contributed by atoms with van der Waals surface area (Å²) in [7, 11) is 1.31. The molecule has 1 aromatic heterocycles. The molecule has 0 aliphatic rings. The van der Waals surface area contributed by atoms with E-state index in [1.807, 2.05) is 6.92 Å². The van der Waals surface area contributed by atoms with Crippen molar-refractivity contribution in [1.82, 2.24) is 19.7 Å². The molecule has 0 fully saturated rings. The number of unbranched alkanes of at least 4 members (excludes halogenated alkanes) is 1. The van der Waals surface area contributed by atoms with Crippen LogP contribution in [0.5, 0.6) is 0 Å². The van der Waals surface area contributed by atoms with E-state index in [1.54, 1.807) is 24.3 Å². The van der Waals surface area contributed by atoms with E-state index in [0.29, 0.717) is 17.3 Å². The second-order valence-electron chi connectivity index (χ2n) is 4.99. The molecule has 2 rings (SSSR count). The van der Waals surface area contributed by atoms with Crippen molar-refractivity contribution >= 4 is 17.5 Å². The minimum absolute atomic E-state index is 0.321. The van der Waals surface area contributed by atoms with Gasteiger partial charge in [0.15, 0.2) is 0 Å². The van der Waals surface area contributed by atoms with Crippen LogP contribution in [0.15, 0.2) is 33.9 Å². The Hall–Kier alpha value is -2.41. The molecule has 7 nitrogen and oxygen atoms in total. The molecule has 0 aliphatic carbocycles. The molecule has 2 aromatic rings. The van der Waals surface area contributed by atoms with Crippen LogP contribution >= 0.6 is 11.6 Å². The monoisotopic (exact) mass is 336 g/mol. The highest BCUT2D eigenvalue weighted by Crippen LogP contribution is 2.10. The van der Waals surface area contributed by atoms with Crippen LogP contribution in [0.1, 0.15) is 30.3 Å². The van der Waals surface area contributed by atoms with Gasteiger partial charge in [-0.25, -0.2) is 4.79 Å². The van der Waals surface area contributed by atoms with Gasteiger partial charge in [-0.1, -0.05) is 24.9 Å². The summed E-state index contributed by atoms with van der Waals surface area (Å²) < 4.78 is 1.86. The average Bonchev–Trinajstić information content (AvgIpc) is 2.54. The molecule has 0 saturated heterocycles. The van der Waals surface area contributed by atoms with E-state index < -0.39 is 17.2 Å². The molecule has 122 valence electrons. The summed E-state index contributed by atoms with van der Waals surface area (Å²) in [6, 6.07) is 6.36. The molecule has 1 aromatic carbocycles. The molecular formula is C15H17ClN4O3. The first-order valence-corrected chi connectivity index (χ1v) is 7.58. The molecule has 1 N–H and O–H groups in total. The van der Waals surface area contributed by atoms with Crippen molar-refractivity contribution in [2.75, 3.05) is 6.54 Å². The van der Waals surface area contributed by atoms with Gasteiger partial charge in [0, 0.05) is 18.6 Å². The van der Waals surface area contributed by atoms with Crippen molar-refractivity contribution in [3.63, 3.8) is 0 Å². The van der Waals surface area contributed by atoms with Gasteiger partial charge in [-0.15, -0.1) is 0 Å². The first-order chi connectivity index (χ1) is 11.0. The summed E-state index contributed by atoms with van der Waals surface area (Å²) in [5.74, 6) is -0.596. The van der Waals surface area contributed by atoms with Gasteiger partial charge >= 0.3 is 5.69 Å². The molecule has 0 atom stereocenters. The van der Waals surface area contributed by atoms with E-state index in [9.17, 15) is 14.4 Å². The zero-order chi connectivity index (χ0) is 17.0. The molecule has 0 unspecified atom stereocenters. The Bertz CT molecular complexity index is 824. The molecular weight excluding hydrogens is 320 g/mol. The maximum Gasteiger partial charge on any atom is 0.351 e. The molecule has 0 radical (unpaired) electrons. The smallest absolute Gasteiger partial charge is 0.350 e. The maximum atomic E-state index is 12.2. The Labute approximate surface area is 137 Å². The van der Waals surface area contributed by atoms with E-state index in [-0.39, 0.29) is 5.69 Å². The van der Waals surface area contributed by atoms with E-state index >= 15 is 0 Å². The minimum Gasteiger partial charge on any atom is -0.350 e. The lowest BCUT2D eigenvalue weighted by Crippen LogP contribution is -2.44. The molecule has 0 aliphatic heterocycles. The highest BCUT2D eigenvalue weighted by Gasteiger charge is 2.18. The summed E-state index contributed by atoms with van der Waals surface area (Å²) in [6.07, 6.45) is 1.71. The number of nitrogens with zero attached hydrogens (tertiary/aromatic N) is 3. The third-order valence-electron chi connectivity index (χ3n) is 3.28. The number of hydrogen-bond donors (Lipinski definition) is 1. The fourth-order valence-corrected chi connectivity index (χ4v) is 2.05. The van der Waals surface area contributed by atoms with Gasteiger partial charge < -0.3 is 5.32 Å². The normalized spacial score (nSPS) is 10.6. The van der Waals surface area contributed by atoms with Crippen molar-refractivity contribution in [3.8, 4) is 5.69 Å². The summed E-state index contributed by atoms with van der Waals surface area (Å²) in [5.41, 5.74) is -1.27. The number of aromatic nitrogens is 3. The molecule has 1 heterocycles. The second-order valence-corrected chi connectivity index (χ2v) is 5.43. The number of carbonyl (C=O) groups is 1. The zero-order valence-electron chi connectivity index (χ0n) is 12.9. The highest BCUT2D eigenvalue weighted by molar-refractivity contribution is 6.30. The predicted molar refractivity (Wildman–Crippen MR) is 87.3 cm³/mol. The largest absolute Gasteiger partial charge is 0.351 e. The molecule has 23 heavy (non-hydrogen) atoms. The second kappa shape index (κ2) is 7.23. The number of rotatable bonds is 5. The number of halogens is 1. The highest BCUT2D eigenvalue weighted by atomic mass is 35.5. The van der Waals surface area contributed by atoms with Crippen molar-refractivity contribution in [3.05, 3.63) is 55.8 Å². The lowest BCUT2D eigenvalue weighted by Gasteiger charge is -2.09. The molecule has 0 spiro atoms. The molecule has 8 heteroatoms. The number of carbonyl (C=O) groups excluding carboxylic acids is 1. The van der Waals surface area contributed by atoms with Crippen LogP contribution in [0.2, 0.25) is 5.02 Å². The van der Waals surface area contributed by atoms with Crippen molar-refractivity contribution < 1.29 is 4.79 Å². The van der Waals surface area contributed by atoms with Crippen LogP contribution < -0.4 is 16.6 Å². The summed E-state index contributed by atoms with van der Waals surface area (Å²) in [4.78, 5) is 36.4. The van der Waals surface area contributed by atoms with Crippen LogP contribution in [0.3, 0.4) is 0 Å². The summed E-state index contributed by atoms with van der Waals surface area (Å²) >= 11 is 5.82. The van der Waals surface area contributed by atoms with Crippen LogP contribution in [0.25, 0.3) is 5.69 Å². The van der Waals surface area contributed by atoms with Gasteiger partial charge in [0.25, 0.3) is 11.5 Å². The Morgan fingerprint density at radius 2 is 1.91 bits per heavy atom. The zero-order valence-corrected chi connectivity index (χ0v) is 13.6. The van der Waals surface area contributed by atoms with Gasteiger partial charge in [-0.3, -0.25) is 14.2 Å². The Morgan fingerprint density at radius 3 is 2.52 bits per heavy atom. The van der Waals surface area contributed by atoms with Crippen LogP contribution in [-0.2, 0) is 7.05 Å². The standard InChI is InChI=1S/C15H17ClN4O3/c1-3-4-9-17-13(21)12-14(22)19(2)15(23)20(18-12)11-7-5-10(16)6-8-11/h5-8H,3-4,9H2,1-2H3,(H,17,21). The maximum absolute atomic E-state index is 12.2. The molecule has 0 bridgehead atoms. The van der Waals surface area contributed by atoms with Crippen molar-refractivity contribution in [2.45, 2.75) is 19.8 Å². The Morgan fingerprint density at radius 1 is 1.26 bits per heavy atom. The van der Waals surface area contributed by atoms with E-state index in [4.69, 9.17) is 11.6 Å². The molecule has 0 saturated carbocycles. The summed E-state index contributed by atoms with van der Waals surface area (Å²) in [6.45, 7) is 2.43. The minimum atomic E-state index is -0.728. The van der Waals surface area contributed by atoms with Gasteiger partial charge in [0.1, 0.15) is 0 Å². The van der Waals surface area contributed by atoms with Crippen LogP contribution in [-0.4, -0.2) is 26.8 Å². The Balaban J connectivity index is 2.49. The molecule has 1 amide bonds. The lowest BCUT2D eigenvalue weighted by atomic mass is 10.3. The fraction of sp³-hybridized carbons (Fsp3) is 0.333. The number of nitrogens with one attached hydrogen (secondary N) is 1. The topological polar surface area (TPSA) is 86.0 Å². The number of amides is 1. The first kappa shape index (κ1) is 17.0.